The molecule has 12 heavy (non-hydrogen) atoms. The number of benzene rings is 2. The van der Waals surface area contributed by atoms with Crippen molar-refractivity contribution >= 4 is 16.8 Å². The van der Waals surface area contributed by atoms with E-state index in [0.29, 0.717) is 0 Å². The van der Waals surface area contributed by atoms with Crippen molar-refractivity contribution in [1.82, 2.24) is 0 Å². The van der Waals surface area contributed by atoms with Gasteiger partial charge < -0.3 is 0 Å². The van der Waals surface area contributed by atoms with E-state index in [9.17, 15) is 0 Å². The summed E-state index contributed by atoms with van der Waals surface area (Å²) in [7, 11) is 0. The van der Waals surface area contributed by atoms with Crippen LogP contribution in [0.4, 0.5) is 0 Å². The summed E-state index contributed by atoms with van der Waals surface area (Å²) in [6.07, 6.45) is 1.86. The van der Waals surface area contributed by atoms with Crippen molar-refractivity contribution in [3.63, 3.8) is 0 Å². The highest BCUT2D eigenvalue weighted by molar-refractivity contribution is 5.90. The summed E-state index contributed by atoms with van der Waals surface area (Å²) >= 11 is 0. The number of hydrogen-bond acceptors (Lipinski definition) is 0. The lowest BCUT2D eigenvalue weighted by Gasteiger charge is -1.99. The Morgan fingerprint density at radius 1 is 1.17 bits per heavy atom. The lowest BCUT2D eigenvalue weighted by Crippen LogP contribution is -1.76. The van der Waals surface area contributed by atoms with E-state index in [1.807, 2.05) is 30.3 Å². The molecule has 0 aliphatic carbocycles. The summed E-state index contributed by atoms with van der Waals surface area (Å²) in [5.74, 6) is 0. The molecule has 1 radical (unpaired) electrons. The van der Waals surface area contributed by atoms with Gasteiger partial charge in [0.15, 0.2) is 0 Å². The molecule has 0 amide bonds. The highest BCUT2D eigenvalue weighted by Gasteiger charge is 1.94. The molecule has 0 atom stereocenters. The number of hydrogen-bond donors (Lipinski definition) is 0. The van der Waals surface area contributed by atoms with E-state index in [1.165, 1.54) is 10.8 Å². The van der Waals surface area contributed by atoms with Crippen molar-refractivity contribution in [2.75, 3.05) is 0 Å². The van der Waals surface area contributed by atoms with Crippen molar-refractivity contribution < 1.29 is 0 Å². The monoisotopic (exact) mass is 153 g/mol. The maximum absolute atomic E-state index is 3.76. The molecule has 0 saturated heterocycles. The van der Waals surface area contributed by atoms with Crippen molar-refractivity contribution in [3.8, 4) is 0 Å². The first kappa shape index (κ1) is 7.11. The molecule has 0 aromatic heterocycles. The minimum Gasteiger partial charge on any atom is -0.0984 e. The standard InChI is InChI=1S/C12H9/c1-2-10-7-5-8-11-6-3-4-9-12(10)11/h2-4,6-9H,1H2. The first-order valence-electron chi connectivity index (χ1n) is 3.93. The number of fused-ring (bicyclic) bond motifs is 1. The molecule has 0 spiro atoms. The van der Waals surface area contributed by atoms with E-state index in [1.54, 1.807) is 0 Å². The topological polar surface area (TPSA) is 0 Å². The van der Waals surface area contributed by atoms with E-state index in [4.69, 9.17) is 0 Å². The Bertz CT molecular complexity index is 408. The Hall–Kier alpha value is -1.56. The maximum Gasteiger partial charge on any atom is -0.0111 e. The second-order valence-electron chi connectivity index (χ2n) is 2.70. The van der Waals surface area contributed by atoms with E-state index in [0.717, 1.165) is 5.56 Å². The summed E-state index contributed by atoms with van der Waals surface area (Å²) in [5.41, 5.74) is 1.15. The fourth-order valence-corrected chi connectivity index (χ4v) is 1.35. The van der Waals surface area contributed by atoms with Crippen LogP contribution in [0.3, 0.4) is 0 Å². The molecule has 0 aliphatic rings. The van der Waals surface area contributed by atoms with Gasteiger partial charge in [0.1, 0.15) is 0 Å². The summed E-state index contributed by atoms with van der Waals surface area (Å²) in [6, 6.07) is 15.3. The van der Waals surface area contributed by atoms with Gasteiger partial charge in [-0.1, -0.05) is 36.9 Å². The average Bonchev–Trinajstić information content (AvgIpc) is 2.17. The fraction of sp³-hybridized carbons (Fsp3) is 0. The molecule has 0 saturated carbocycles. The van der Waals surface area contributed by atoms with Gasteiger partial charge in [0.05, 0.1) is 0 Å². The third-order valence-electron chi connectivity index (χ3n) is 1.97. The Kier molecular flexibility index (Phi) is 1.67. The molecule has 0 unspecified atom stereocenters. The second kappa shape index (κ2) is 2.82. The maximum atomic E-state index is 3.76. The molecular weight excluding hydrogens is 144 g/mol. The lowest BCUT2D eigenvalue weighted by molar-refractivity contribution is 1.70. The van der Waals surface area contributed by atoms with Crippen molar-refractivity contribution in [3.05, 3.63) is 54.6 Å². The first-order valence-corrected chi connectivity index (χ1v) is 3.93. The molecule has 0 fully saturated rings. The van der Waals surface area contributed by atoms with Crippen LogP contribution in [0.1, 0.15) is 5.56 Å². The molecule has 0 N–H and O–H groups in total. The summed E-state index contributed by atoms with van der Waals surface area (Å²) in [6.45, 7) is 3.76. The van der Waals surface area contributed by atoms with Crippen LogP contribution in [0, 0.1) is 6.07 Å². The van der Waals surface area contributed by atoms with Gasteiger partial charge in [-0.05, 0) is 34.5 Å². The van der Waals surface area contributed by atoms with Gasteiger partial charge in [-0.25, -0.2) is 0 Å². The van der Waals surface area contributed by atoms with Crippen LogP contribution in [0.2, 0.25) is 0 Å². The zero-order valence-electron chi connectivity index (χ0n) is 6.75. The lowest BCUT2D eigenvalue weighted by atomic mass is 10.1. The highest BCUT2D eigenvalue weighted by Crippen LogP contribution is 2.18. The molecule has 2 aromatic rings. The van der Waals surface area contributed by atoms with Crippen LogP contribution in [0.25, 0.3) is 16.8 Å². The van der Waals surface area contributed by atoms with Gasteiger partial charge in [-0.3, -0.25) is 0 Å². The molecule has 0 heteroatoms. The zero-order chi connectivity index (χ0) is 8.39. The van der Waals surface area contributed by atoms with Crippen LogP contribution < -0.4 is 0 Å². The fourth-order valence-electron chi connectivity index (χ4n) is 1.35. The van der Waals surface area contributed by atoms with Crippen LogP contribution >= 0.6 is 0 Å². The Morgan fingerprint density at radius 2 is 2.00 bits per heavy atom. The van der Waals surface area contributed by atoms with Crippen molar-refractivity contribution in [1.29, 1.82) is 0 Å². The van der Waals surface area contributed by atoms with Crippen molar-refractivity contribution in [2.24, 2.45) is 0 Å². The largest absolute Gasteiger partial charge is 0.0984 e. The van der Waals surface area contributed by atoms with Gasteiger partial charge in [-0.15, -0.1) is 0 Å². The zero-order valence-corrected chi connectivity index (χ0v) is 6.75. The number of rotatable bonds is 1. The van der Waals surface area contributed by atoms with Crippen LogP contribution in [-0.2, 0) is 0 Å². The third-order valence-corrected chi connectivity index (χ3v) is 1.97. The predicted octanol–water partition coefficient (Wildman–Crippen LogP) is 3.28. The minimum absolute atomic E-state index is 1.15. The first-order chi connectivity index (χ1) is 5.92. The molecule has 57 valence electrons. The van der Waals surface area contributed by atoms with E-state index < -0.39 is 0 Å². The second-order valence-corrected chi connectivity index (χ2v) is 2.70. The van der Waals surface area contributed by atoms with Gasteiger partial charge in [-0.2, -0.15) is 0 Å². The summed E-state index contributed by atoms with van der Waals surface area (Å²) < 4.78 is 0. The molecule has 0 aliphatic heterocycles. The molecule has 0 bridgehead atoms. The Labute approximate surface area is 72.2 Å². The quantitative estimate of drug-likeness (QED) is 0.589. The Balaban J connectivity index is 2.88. The predicted molar refractivity (Wildman–Crippen MR) is 52.9 cm³/mol. The highest BCUT2D eigenvalue weighted by atomic mass is 14.0. The summed E-state index contributed by atoms with van der Waals surface area (Å²) in [4.78, 5) is 0. The molecule has 0 heterocycles. The minimum atomic E-state index is 1.15. The summed E-state index contributed by atoms with van der Waals surface area (Å²) in [5, 5.41) is 2.46. The molecular formula is C12H9. The van der Waals surface area contributed by atoms with Gasteiger partial charge in [0.25, 0.3) is 0 Å². The van der Waals surface area contributed by atoms with Gasteiger partial charge >= 0.3 is 0 Å². The van der Waals surface area contributed by atoms with Crippen LogP contribution in [-0.4, -0.2) is 0 Å². The SMILES string of the molecule is C=Cc1c[c]cc2ccccc12. The molecule has 2 rings (SSSR count). The van der Waals surface area contributed by atoms with E-state index >= 15 is 0 Å². The Morgan fingerprint density at radius 3 is 2.83 bits per heavy atom. The average molecular weight is 153 g/mol. The van der Waals surface area contributed by atoms with Crippen molar-refractivity contribution in [2.45, 2.75) is 0 Å². The molecule has 0 nitrogen and oxygen atoms in total. The van der Waals surface area contributed by atoms with E-state index in [-0.39, 0.29) is 0 Å². The van der Waals surface area contributed by atoms with E-state index in [2.05, 4.69) is 24.8 Å². The van der Waals surface area contributed by atoms with Gasteiger partial charge in [0, 0.05) is 0 Å². The molecule has 2 aromatic carbocycles. The normalized spacial score (nSPS) is 10.0. The van der Waals surface area contributed by atoms with Gasteiger partial charge in [0.2, 0.25) is 0 Å². The van der Waals surface area contributed by atoms with Crippen LogP contribution in [0.15, 0.2) is 43.0 Å². The smallest absolute Gasteiger partial charge is 0.0111 e. The third kappa shape index (κ3) is 1.02. The van der Waals surface area contributed by atoms with Crippen LogP contribution in [0.5, 0.6) is 0 Å².